The fourth-order valence-electron chi connectivity index (χ4n) is 2.12. The maximum absolute atomic E-state index is 12.4. The van der Waals surface area contributed by atoms with Gasteiger partial charge < -0.3 is 4.74 Å². The van der Waals surface area contributed by atoms with Gasteiger partial charge in [0.05, 0.1) is 12.6 Å². The van der Waals surface area contributed by atoms with E-state index in [-0.39, 0.29) is 17.9 Å². The maximum atomic E-state index is 12.4. The highest BCUT2D eigenvalue weighted by atomic mass is 16.5. The molecule has 0 saturated carbocycles. The second-order valence-electron chi connectivity index (χ2n) is 4.62. The van der Waals surface area contributed by atoms with Crippen molar-refractivity contribution < 1.29 is 9.53 Å². The summed E-state index contributed by atoms with van der Waals surface area (Å²) in [5.74, 6) is 0.184. The van der Waals surface area contributed by atoms with Gasteiger partial charge in [0.2, 0.25) is 0 Å². The van der Waals surface area contributed by atoms with Crippen LogP contribution in [0.15, 0.2) is 30.3 Å². The smallest absolute Gasteiger partial charge is 0.179 e. The van der Waals surface area contributed by atoms with Crippen molar-refractivity contribution in [2.45, 2.75) is 32.4 Å². The van der Waals surface area contributed by atoms with Crippen LogP contribution in [0.1, 0.15) is 30.6 Å². The number of methoxy groups -OCH3 is 1. The normalized spacial score (nSPS) is 14.5. The van der Waals surface area contributed by atoms with Crippen molar-refractivity contribution in [1.82, 2.24) is 4.90 Å². The van der Waals surface area contributed by atoms with Gasteiger partial charge in [-0.3, -0.25) is 9.69 Å². The average molecular weight is 249 g/mol. The van der Waals surface area contributed by atoms with Crippen LogP contribution in [-0.4, -0.2) is 43.5 Å². The minimum atomic E-state index is -0.0856. The molecule has 2 unspecified atom stereocenters. The zero-order chi connectivity index (χ0) is 13.5. The van der Waals surface area contributed by atoms with Gasteiger partial charge in [-0.05, 0) is 20.4 Å². The number of benzene rings is 1. The van der Waals surface area contributed by atoms with E-state index in [1.54, 1.807) is 7.11 Å². The third-order valence-electron chi connectivity index (χ3n) is 3.34. The molecular formula is C15H23NO2. The fraction of sp³-hybridized carbons (Fsp3) is 0.533. The fourth-order valence-corrected chi connectivity index (χ4v) is 2.12. The molecule has 0 saturated heterocycles. The Morgan fingerprint density at radius 1 is 1.33 bits per heavy atom. The SMILES string of the molecule is CCC(C(=O)c1ccccc1)N(C)C(C)COC. The summed E-state index contributed by atoms with van der Waals surface area (Å²) in [6, 6.07) is 9.62. The summed E-state index contributed by atoms with van der Waals surface area (Å²) in [6.45, 7) is 4.75. The molecule has 1 aromatic carbocycles. The summed E-state index contributed by atoms with van der Waals surface area (Å²) in [7, 11) is 3.67. The molecule has 18 heavy (non-hydrogen) atoms. The van der Waals surface area contributed by atoms with Crippen molar-refractivity contribution in [3.05, 3.63) is 35.9 Å². The number of ketones is 1. The minimum absolute atomic E-state index is 0.0856. The zero-order valence-corrected chi connectivity index (χ0v) is 11.7. The van der Waals surface area contributed by atoms with Crippen LogP contribution in [0, 0.1) is 0 Å². The first-order chi connectivity index (χ1) is 8.61. The molecule has 0 aromatic heterocycles. The molecule has 0 spiro atoms. The van der Waals surface area contributed by atoms with Gasteiger partial charge in [0.1, 0.15) is 0 Å². The van der Waals surface area contributed by atoms with E-state index in [0.717, 1.165) is 12.0 Å². The number of rotatable bonds is 7. The van der Waals surface area contributed by atoms with Gasteiger partial charge in [-0.15, -0.1) is 0 Å². The summed E-state index contributed by atoms with van der Waals surface area (Å²) < 4.78 is 5.15. The Kier molecular flexibility index (Phi) is 6.02. The van der Waals surface area contributed by atoms with Crippen LogP contribution in [-0.2, 0) is 4.74 Å². The van der Waals surface area contributed by atoms with Crippen LogP contribution in [0.5, 0.6) is 0 Å². The maximum Gasteiger partial charge on any atom is 0.179 e. The lowest BCUT2D eigenvalue weighted by Crippen LogP contribution is -2.45. The van der Waals surface area contributed by atoms with Gasteiger partial charge in [-0.1, -0.05) is 37.3 Å². The molecule has 0 radical (unpaired) electrons. The number of likely N-dealkylation sites (N-methyl/N-ethyl adjacent to an activating group) is 1. The van der Waals surface area contributed by atoms with Gasteiger partial charge in [0.25, 0.3) is 0 Å². The highest BCUT2D eigenvalue weighted by Gasteiger charge is 2.25. The average Bonchev–Trinajstić information content (AvgIpc) is 2.40. The van der Waals surface area contributed by atoms with Crippen LogP contribution >= 0.6 is 0 Å². The first kappa shape index (κ1) is 14.9. The predicted molar refractivity (Wildman–Crippen MR) is 74.0 cm³/mol. The Morgan fingerprint density at radius 2 is 1.94 bits per heavy atom. The second-order valence-corrected chi connectivity index (χ2v) is 4.62. The van der Waals surface area contributed by atoms with Crippen molar-refractivity contribution in [3.63, 3.8) is 0 Å². The van der Waals surface area contributed by atoms with Gasteiger partial charge in [-0.25, -0.2) is 0 Å². The monoisotopic (exact) mass is 249 g/mol. The number of hydrogen-bond acceptors (Lipinski definition) is 3. The lowest BCUT2D eigenvalue weighted by Gasteiger charge is -2.31. The van der Waals surface area contributed by atoms with Gasteiger partial charge in [0, 0.05) is 18.7 Å². The lowest BCUT2D eigenvalue weighted by molar-refractivity contribution is 0.0652. The van der Waals surface area contributed by atoms with E-state index < -0.39 is 0 Å². The number of Topliss-reactive ketones (excluding diaryl/α,β-unsaturated/α-hetero) is 1. The molecule has 100 valence electrons. The van der Waals surface area contributed by atoms with Gasteiger partial charge in [0.15, 0.2) is 5.78 Å². The van der Waals surface area contributed by atoms with E-state index in [1.807, 2.05) is 44.3 Å². The van der Waals surface area contributed by atoms with E-state index in [0.29, 0.717) is 6.61 Å². The molecule has 0 aliphatic rings. The second kappa shape index (κ2) is 7.29. The third-order valence-corrected chi connectivity index (χ3v) is 3.34. The highest BCUT2D eigenvalue weighted by molar-refractivity contribution is 6.00. The molecule has 1 aromatic rings. The molecule has 0 N–H and O–H groups in total. The van der Waals surface area contributed by atoms with E-state index in [9.17, 15) is 4.79 Å². The Balaban J connectivity index is 2.80. The van der Waals surface area contributed by atoms with E-state index in [2.05, 4.69) is 11.8 Å². The van der Waals surface area contributed by atoms with Crippen molar-refractivity contribution in [1.29, 1.82) is 0 Å². The molecule has 2 atom stereocenters. The molecule has 0 heterocycles. The largest absolute Gasteiger partial charge is 0.383 e. The summed E-state index contributed by atoms with van der Waals surface area (Å²) in [5.41, 5.74) is 0.779. The molecular weight excluding hydrogens is 226 g/mol. The van der Waals surface area contributed by atoms with Gasteiger partial charge >= 0.3 is 0 Å². The van der Waals surface area contributed by atoms with E-state index in [4.69, 9.17) is 4.74 Å². The first-order valence-electron chi connectivity index (χ1n) is 6.41. The topological polar surface area (TPSA) is 29.5 Å². The Morgan fingerprint density at radius 3 is 2.44 bits per heavy atom. The molecule has 0 fully saturated rings. The lowest BCUT2D eigenvalue weighted by atomic mass is 10.00. The molecule has 0 aliphatic carbocycles. The Labute approximate surface area is 110 Å². The summed E-state index contributed by atoms with van der Waals surface area (Å²) in [5, 5.41) is 0. The van der Waals surface area contributed by atoms with E-state index in [1.165, 1.54) is 0 Å². The Bertz CT molecular complexity index is 364. The molecule has 3 nitrogen and oxygen atoms in total. The van der Waals surface area contributed by atoms with Crippen molar-refractivity contribution in [3.8, 4) is 0 Å². The summed E-state index contributed by atoms with van der Waals surface area (Å²) >= 11 is 0. The number of hydrogen-bond donors (Lipinski definition) is 0. The number of nitrogens with zero attached hydrogens (tertiary/aromatic N) is 1. The molecule has 3 heteroatoms. The standard InChI is InChI=1S/C15H23NO2/c1-5-14(16(3)12(2)11-18-4)15(17)13-9-7-6-8-10-13/h6-10,12,14H,5,11H2,1-4H3. The van der Waals surface area contributed by atoms with Crippen molar-refractivity contribution in [2.24, 2.45) is 0 Å². The molecule has 0 aliphatic heterocycles. The Hall–Kier alpha value is -1.19. The minimum Gasteiger partial charge on any atom is -0.383 e. The van der Waals surface area contributed by atoms with E-state index >= 15 is 0 Å². The van der Waals surface area contributed by atoms with Gasteiger partial charge in [-0.2, -0.15) is 0 Å². The summed E-state index contributed by atoms with van der Waals surface area (Å²) in [4.78, 5) is 14.5. The van der Waals surface area contributed by atoms with Crippen molar-refractivity contribution >= 4 is 5.78 Å². The van der Waals surface area contributed by atoms with Crippen LogP contribution in [0.2, 0.25) is 0 Å². The third kappa shape index (κ3) is 3.65. The van der Waals surface area contributed by atoms with Crippen LogP contribution in [0.3, 0.4) is 0 Å². The quantitative estimate of drug-likeness (QED) is 0.696. The predicted octanol–water partition coefficient (Wildman–Crippen LogP) is 2.61. The van der Waals surface area contributed by atoms with Crippen LogP contribution in [0.4, 0.5) is 0 Å². The first-order valence-corrected chi connectivity index (χ1v) is 6.41. The van der Waals surface area contributed by atoms with Crippen molar-refractivity contribution in [2.75, 3.05) is 20.8 Å². The zero-order valence-electron chi connectivity index (χ0n) is 11.7. The number of carbonyl (C=O) groups excluding carboxylic acids is 1. The number of carbonyl (C=O) groups is 1. The molecule has 0 amide bonds. The van der Waals surface area contributed by atoms with Crippen LogP contribution in [0.25, 0.3) is 0 Å². The molecule has 1 rings (SSSR count). The highest BCUT2D eigenvalue weighted by Crippen LogP contribution is 2.13. The molecule has 0 bridgehead atoms. The number of ether oxygens (including phenoxy) is 1. The summed E-state index contributed by atoms with van der Waals surface area (Å²) in [6.07, 6.45) is 0.804. The van der Waals surface area contributed by atoms with Crippen LogP contribution < -0.4 is 0 Å².